The second kappa shape index (κ2) is 6.37. The van der Waals surface area contributed by atoms with Crippen LogP contribution >= 0.6 is 15.9 Å². The molecule has 0 amide bonds. The second-order valence-corrected chi connectivity index (χ2v) is 6.20. The largest absolute Gasteiger partial charge is 0.327 e. The lowest BCUT2D eigenvalue weighted by molar-refractivity contribution is 0.667. The minimum Gasteiger partial charge on any atom is -0.327 e. The Morgan fingerprint density at radius 3 is 2.52 bits per heavy atom. The molecule has 2 aromatic carbocycles. The van der Waals surface area contributed by atoms with Gasteiger partial charge in [-0.1, -0.05) is 46.3 Å². The van der Waals surface area contributed by atoms with Gasteiger partial charge in [0.05, 0.1) is 5.52 Å². The summed E-state index contributed by atoms with van der Waals surface area (Å²) in [6.07, 6.45) is 3.60. The highest BCUT2D eigenvalue weighted by Gasteiger charge is 2.08. The van der Waals surface area contributed by atoms with Gasteiger partial charge in [0.2, 0.25) is 0 Å². The Balaban J connectivity index is 1.77. The number of pyridine rings is 1. The average molecular weight is 341 g/mol. The number of nitrogens with zero attached hydrogens (tertiary/aromatic N) is 1. The van der Waals surface area contributed by atoms with Crippen molar-refractivity contribution in [3.05, 3.63) is 76.4 Å². The first kappa shape index (κ1) is 14.2. The lowest BCUT2D eigenvalue weighted by Gasteiger charge is -2.13. The molecule has 0 spiro atoms. The standard InChI is InChI=1S/C18H17BrN2/c19-15-7-5-13(6-8-15)11-16(20)12-14-9-10-21-18-4-2-1-3-17(14)18/h1-10,16H,11-12,20H2. The van der Waals surface area contributed by atoms with Crippen LogP contribution in [0.5, 0.6) is 0 Å². The topological polar surface area (TPSA) is 38.9 Å². The van der Waals surface area contributed by atoms with Gasteiger partial charge in [0.15, 0.2) is 0 Å². The van der Waals surface area contributed by atoms with Crippen molar-refractivity contribution in [2.24, 2.45) is 5.73 Å². The third-order valence-electron chi connectivity index (χ3n) is 3.63. The van der Waals surface area contributed by atoms with Crippen molar-refractivity contribution in [1.29, 1.82) is 0 Å². The number of rotatable bonds is 4. The number of fused-ring (bicyclic) bond motifs is 1. The molecule has 1 aromatic heterocycles. The van der Waals surface area contributed by atoms with Gasteiger partial charge in [0.25, 0.3) is 0 Å². The van der Waals surface area contributed by atoms with E-state index in [4.69, 9.17) is 5.73 Å². The highest BCUT2D eigenvalue weighted by atomic mass is 79.9. The van der Waals surface area contributed by atoms with E-state index >= 15 is 0 Å². The molecule has 2 nitrogen and oxygen atoms in total. The van der Waals surface area contributed by atoms with Crippen molar-refractivity contribution in [3.8, 4) is 0 Å². The molecule has 0 aliphatic heterocycles. The van der Waals surface area contributed by atoms with E-state index in [0.29, 0.717) is 0 Å². The molecule has 3 heteroatoms. The second-order valence-electron chi connectivity index (χ2n) is 5.28. The molecular formula is C18H17BrN2. The van der Waals surface area contributed by atoms with Crippen molar-refractivity contribution in [3.63, 3.8) is 0 Å². The van der Waals surface area contributed by atoms with E-state index in [2.05, 4.69) is 57.3 Å². The van der Waals surface area contributed by atoms with Gasteiger partial charge in [0.1, 0.15) is 0 Å². The first-order chi connectivity index (χ1) is 10.2. The number of para-hydroxylation sites is 1. The van der Waals surface area contributed by atoms with Crippen LogP contribution in [0.3, 0.4) is 0 Å². The van der Waals surface area contributed by atoms with Gasteiger partial charge in [0, 0.05) is 22.1 Å². The number of nitrogens with two attached hydrogens (primary N) is 1. The van der Waals surface area contributed by atoms with Crippen LogP contribution in [-0.4, -0.2) is 11.0 Å². The third kappa shape index (κ3) is 3.49. The number of halogens is 1. The molecule has 0 radical (unpaired) electrons. The predicted molar refractivity (Wildman–Crippen MR) is 91.3 cm³/mol. The van der Waals surface area contributed by atoms with Crippen LogP contribution < -0.4 is 5.73 Å². The van der Waals surface area contributed by atoms with Crippen molar-refractivity contribution >= 4 is 26.8 Å². The SMILES string of the molecule is NC(Cc1ccc(Br)cc1)Cc1ccnc2ccccc12. The van der Waals surface area contributed by atoms with Crippen molar-refractivity contribution in [1.82, 2.24) is 4.98 Å². The zero-order valence-electron chi connectivity index (χ0n) is 11.7. The fourth-order valence-corrected chi connectivity index (χ4v) is 2.88. The molecule has 106 valence electrons. The molecule has 0 fully saturated rings. The maximum absolute atomic E-state index is 6.33. The highest BCUT2D eigenvalue weighted by Crippen LogP contribution is 2.18. The minimum absolute atomic E-state index is 0.108. The van der Waals surface area contributed by atoms with Crippen LogP contribution in [0.15, 0.2) is 65.3 Å². The van der Waals surface area contributed by atoms with Gasteiger partial charge in [-0.2, -0.15) is 0 Å². The van der Waals surface area contributed by atoms with Crippen molar-refractivity contribution in [2.75, 3.05) is 0 Å². The molecule has 0 bridgehead atoms. The first-order valence-electron chi connectivity index (χ1n) is 7.05. The summed E-state index contributed by atoms with van der Waals surface area (Å²) in [7, 11) is 0. The summed E-state index contributed by atoms with van der Waals surface area (Å²) < 4.78 is 1.10. The molecule has 0 saturated heterocycles. The van der Waals surface area contributed by atoms with Crippen LogP contribution in [0, 0.1) is 0 Å². The summed E-state index contributed by atoms with van der Waals surface area (Å²) in [5, 5.41) is 1.20. The van der Waals surface area contributed by atoms with Gasteiger partial charge in [-0.3, -0.25) is 4.98 Å². The van der Waals surface area contributed by atoms with Gasteiger partial charge in [-0.15, -0.1) is 0 Å². The molecule has 3 aromatic rings. The fraction of sp³-hybridized carbons (Fsp3) is 0.167. The molecule has 2 N–H and O–H groups in total. The van der Waals surface area contributed by atoms with E-state index in [-0.39, 0.29) is 6.04 Å². The molecule has 0 aliphatic rings. The van der Waals surface area contributed by atoms with Gasteiger partial charge >= 0.3 is 0 Å². The van der Waals surface area contributed by atoms with Crippen LogP contribution in [0.4, 0.5) is 0 Å². The summed E-state index contributed by atoms with van der Waals surface area (Å²) in [4.78, 5) is 4.40. The zero-order valence-corrected chi connectivity index (χ0v) is 13.3. The lowest BCUT2D eigenvalue weighted by atomic mass is 9.97. The smallest absolute Gasteiger partial charge is 0.0704 e. The van der Waals surface area contributed by atoms with E-state index in [1.807, 2.05) is 24.4 Å². The maximum Gasteiger partial charge on any atom is 0.0704 e. The Morgan fingerprint density at radius 1 is 0.952 bits per heavy atom. The molecule has 21 heavy (non-hydrogen) atoms. The maximum atomic E-state index is 6.33. The molecule has 1 atom stereocenters. The number of hydrogen-bond donors (Lipinski definition) is 1. The van der Waals surface area contributed by atoms with Crippen molar-refractivity contribution in [2.45, 2.75) is 18.9 Å². The molecule has 1 heterocycles. The van der Waals surface area contributed by atoms with Crippen LogP contribution in [0.25, 0.3) is 10.9 Å². The minimum atomic E-state index is 0.108. The summed E-state index contributed by atoms with van der Waals surface area (Å²) in [6.45, 7) is 0. The van der Waals surface area contributed by atoms with E-state index < -0.39 is 0 Å². The van der Waals surface area contributed by atoms with Crippen LogP contribution in [-0.2, 0) is 12.8 Å². The van der Waals surface area contributed by atoms with Crippen LogP contribution in [0.1, 0.15) is 11.1 Å². The zero-order chi connectivity index (χ0) is 14.7. The molecule has 1 unspecified atom stereocenters. The first-order valence-corrected chi connectivity index (χ1v) is 7.84. The van der Waals surface area contributed by atoms with E-state index in [9.17, 15) is 0 Å². The van der Waals surface area contributed by atoms with E-state index in [1.54, 1.807) is 0 Å². The molecule has 3 rings (SSSR count). The third-order valence-corrected chi connectivity index (χ3v) is 4.16. The summed E-state index contributed by atoms with van der Waals surface area (Å²) >= 11 is 3.45. The quantitative estimate of drug-likeness (QED) is 0.776. The normalized spacial score (nSPS) is 12.5. The average Bonchev–Trinajstić information content (AvgIpc) is 2.50. The Labute approximate surface area is 133 Å². The van der Waals surface area contributed by atoms with E-state index in [0.717, 1.165) is 22.8 Å². The lowest BCUT2D eigenvalue weighted by Crippen LogP contribution is -2.25. The van der Waals surface area contributed by atoms with E-state index in [1.165, 1.54) is 16.5 Å². The molecule has 0 saturated carbocycles. The Bertz CT molecular complexity index is 732. The molecular weight excluding hydrogens is 324 g/mol. The Hall–Kier alpha value is -1.71. The van der Waals surface area contributed by atoms with Gasteiger partial charge in [-0.05, 0) is 48.2 Å². The highest BCUT2D eigenvalue weighted by molar-refractivity contribution is 9.10. The number of aromatic nitrogens is 1. The number of benzene rings is 2. The summed E-state index contributed by atoms with van der Waals surface area (Å²) in [5.74, 6) is 0. The number of hydrogen-bond acceptors (Lipinski definition) is 2. The van der Waals surface area contributed by atoms with Gasteiger partial charge < -0.3 is 5.73 Å². The molecule has 0 aliphatic carbocycles. The monoisotopic (exact) mass is 340 g/mol. The fourth-order valence-electron chi connectivity index (χ4n) is 2.61. The predicted octanol–water partition coefficient (Wildman–Crippen LogP) is 4.11. The Morgan fingerprint density at radius 2 is 1.71 bits per heavy atom. The van der Waals surface area contributed by atoms with Crippen LogP contribution in [0.2, 0.25) is 0 Å². The summed E-state index contributed by atoms with van der Waals surface area (Å²) in [5.41, 5.74) is 9.90. The van der Waals surface area contributed by atoms with Crippen molar-refractivity contribution < 1.29 is 0 Å². The van der Waals surface area contributed by atoms with Gasteiger partial charge in [-0.25, -0.2) is 0 Å². The summed E-state index contributed by atoms with van der Waals surface area (Å²) in [6, 6.07) is 18.8. The Kier molecular flexibility index (Phi) is 4.32.